The van der Waals surface area contributed by atoms with Gasteiger partial charge in [-0.2, -0.15) is 0 Å². The molecule has 9 heteroatoms. The number of aromatic nitrogens is 4. The van der Waals surface area contributed by atoms with Crippen LogP contribution in [-0.4, -0.2) is 38.2 Å². The molecule has 0 radical (unpaired) electrons. The van der Waals surface area contributed by atoms with Gasteiger partial charge in [0.15, 0.2) is 6.61 Å². The Balaban J connectivity index is 1.50. The molecule has 31 heavy (non-hydrogen) atoms. The van der Waals surface area contributed by atoms with Gasteiger partial charge in [0, 0.05) is 25.1 Å². The summed E-state index contributed by atoms with van der Waals surface area (Å²) in [4.78, 5) is 33.9. The number of carbonyl (C=O) groups is 2. The largest absolute Gasteiger partial charge is 0.452 e. The summed E-state index contributed by atoms with van der Waals surface area (Å²) in [5.74, 6) is -0.433. The van der Waals surface area contributed by atoms with Crippen LogP contribution in [0.4, 0.5) is 0 Å². The van der Waals surface area contributed by atoms with Gasteiger partial charge in [0.1, 0.15) is 11.9 Å². The van der Waals surface area contributed by atoms with Gasteiger partial charge in [0.25, 0.3) is 11.6 Å². The van der Waals surface area contributed by atoms with Crippen molar-refractivity contribution in [1.29, 1.82) is 0 Å². The van der Waals surface area contributed by atoms with Crippen molar-refractivity contribution in [3.8, 4) is 0 Å². The summed E-state index contributed by atoms with van der Waals surface area (Å²) in [6.45, 7) is 3.00. The summed E-state index contributed by atoms with van der Waals surface area (Å²) in [5.41, 5.74) is 2.49. The number of hydrogen-bond donors (Lipinski definition) is 1. The molecule has 3 heterocycles. The summed E-state index contributed by atoms with van der Waals surface area (Å²) in [5, 5.41) is 7.22. The number of nitrogens with one attached hydrogen (secondary N) is 1. The van der Waals surface area contributed by atoms with Gasteiger partial charge < -0.3 is 19.1 Å². The Morgan fingerprint density at radius 2 is 2.00 bits per heavy atom. The Morgan fingerprint density at radius 3 is 2.71 bits per heavy atom. The van der Waals surface area contributed by atoms with Gasteiger partial charge in [-0.1, -0.05) is 35.5 Å². The van der Waals surface area contributed by atoms with Gasteiger partial charge in [0.05, 0.1) is 16.6 Å². The number of imidazole rings is 1. The predicted molar refractivity (Wildman–Crippen MR) is 111 cm³/mol. The van der Waals surface area contributed by atoms with Gasteiger partial charge in [-0.15, -0.1) is 0 Å². The van der Waals surface area contributed by atoms with Crippen molar-refractivity contribution in [3.63, 3.8) is 0 Å². The highest BCUT2D eigenvalue weighted by molar-refractivity contribution is 6.03. The van der Waals surface area contributed by atoms with Crippen molar-refractivity contribution >= 4 is 23.0 Å². The summed E-state index contributed by atoms with van der Waals surface area (Å²) in [7, 11) is 1.85. The Labute approximate surface area is 178 Å². The molecule has 4 rings (SSSR count). The van der Waals surface area contributed by atoms with Crippen LogP contribution in [0.1, 0.15) is 39.2 Å². The zero-order valence-corrected chi connectivity index (χ0v) is 17.3. The minimum Gasteiger partial charge on any atom is -0.452 e. The second-order valence-electron chi connectivity index (χ2n) is 7.14. The predicted octanol–water partition coefficient (Wildman–Crippen LogP) is 2.64. The maximum Gasteiger partial charge on any atom is 0.339 e. The van der Waals surface area contributed by atoms with E-state index >= 15 is 0 Å². The lowest BCUT2D eigenvalue weighted by atomic mass is 10.1. The highest BCUT2D eigenvalue weighted by Crippen LogP contribution is 2.23. The van der Waals surface area contributed by atoms with E-state index in [4.69, 9.17) is 9.26 Å². The van der Waals surface area contributed by atoms with Crippen LogP contribution in [0.25, 0.3) is 11.1 Å². The van der Waals surface area contributed by atoms with E-state index in [0.717, 1.165) is 5.56 Å². The van der Waals surface area contributed by atoms with E-state index in [9.17, 15) is 9.59 Å². The number of amides is 1. The number of nitrogens with zero attached hydrogens (tertiary/aromatic N) is 4. The molecule has 0 saturated heterocycles. The fraction of sp³-hybridized carbons (Fsp3) is 0.227. The molecule has 9 nitrogen and oxygen atoms in total. The Kier molecular flexibility index (Phi) is 5.48. The number of ether oxygens (including phenoxy) is 1. The second-order valence-corrected chi connectivity index (χ2v) is 7.14. The third kappa shape index (κ3) is 4.16. The zero-order chi connectivity index (χ0) is 22.0. The number of carbonyl (C=O) groups excluding carboxylic acids is 2. The lowest BCUT2D eigenvalue weighted by Gasteiger charge is -2.19. The minimum absolute atomic E-state index is 0.257. The molecule has 0 fully saturated rings. The number of pyridine rings is 1. The highest BCUT2D eigenvalue weighted by Gasteiger charge is 2.23. The van der Waals surface area contributed by atoms with E-state index in [0.29, 0.717) is 22.6 Å². The van der Waals surface area contributed by atoms with E-state index in [-0.39, 0.29) is 11.3 Å². The Morgan fingerprint density at radius 1 is 1.23 bits per heavy atom. The van der Waals surface area contributed by atoms with E-state index in [1.165, 1.54) is 0 Å². The minimum atomic E-state index is -0.648. The molecule has 0 unspecified atom stereocenters. The number of hydrogen-bond acceptors (Lipinski definition) is 7. The molecule has 0 bridgehead atoms. The third-order valence-corrected chi connectivity index (χ3v) is 4.85. The van der Waals surface area contributed by atoms with Crippen molar-refractivity contribution in [2.24, 2.45) is 7.05 Å². The SMILES string of the molecule is Cc1cc(C(=O)OCC(=O)N[C@H](c2ccccc2)c2nccn2C)c2c(C)noc2n1. The number of rotatable bonds is 6. The first kappa shape index (κ1) is 20.3. The number of benzene rings is 1. The van der Waals surface area contributed by atoms with Crippen molar-refractivity contribution in [2.75, 3.05) is 6.61 Å². The van der Waals surface area contributed by atoms with E-state index in [2.05, 4.69) is 20.4 Å². The molecule has 3 aromatic heterocycles. The van der Waals surface area contributed by atoms with E-state index in [1.54, 1.807) is 32.3 Å². The van der Waals surface area contributed by atoms with Gasteiger partial charge in [-0.3, -0.25) is 4.79 Å². The Bertz CT molecular complexity index is 1250. The normalized spacial score (nSPS) is 12.0. The topological polar surface area (TPSA) is 112 Å². The first-order valence-corrected chi connectivity index (χ1v) is 9.66. The van der Waals surface area contributed by atoms with Crippen molar-refractivity contribution < 1.29 is 18.8 Å². The molecule has 0 aliphatic heterocycles. The van der Waals surface area contributed by atoms with Crippen LogP contribution in [0.3, 0.4) is 0 Å². The molecular weight excluding hydrogens is 398 g/mol. The molecule has 1 atom stereocenters. The molecule has 1 aromatic carbocycles. The van der Waals surface area contributed by atoms with Gasteiger partial charge in [0.2, 0.25) is 0 Å². The van der Waals surface area contributed by atoms with Crippen LogP contribution in [0.2, 0.25) is 0 Å². The first-order valence-electron chi connectivity index (χ1n) is 9.66. The number of fused-ring (bicyclic) bond motifs is 1. The standard InChI is InChI=1S/C22H21N5O4/c1-13-11-16(18-14(2)26-31-21(18)24-13)22(29)30-12-17(28)25-19(15-7-5-4-6-8-15)20-23-9-10-27(20)3/h4-11,19H,12H2,1-3H3,(H,25,28)/t19-/m1/s1. The summed E-state index contributed by atoms with van der Waals surface area (Å²) < 4.78 is 12.3. The fourth-order valence-corrected chi connectivity index (χ4v) is 3.39. The molecule has 1 N–H and O–H groups in total. The summed E-state index contributed by atoms with van der Waals surface area (Å²) in [6, 6.07) is 10.6. The van der Waals surface area contributed by atoms with Crippen molar-refractivity contribution in [1.82, 2.24) is 25.0 Å². The van der Waals surface area contributed by atoms with Crippen LogP contribution in [0, 0.1) is 13.8 Å². The molecule has 158 valence electrons. The third-order valence-electron chi connectivity index (χ3n) is 4.85. The fourth-order valence-electron chi connectivity index (χ4n) is 3.39. The van der Waals surface area contributed by atoms with Crippen LogP contribution in [0.15, 0.2) is 53.3 Å². The second kappa shape index (κ2) is 8.39. The van der Waals surface area contributed by atoms with Crippen molar-refractivity contribution in [2.45, 2.75) is 19.9 Å². The highest BCUT2D eigenvalue weighted by atomic mass is 16.5. The van der Waals surface area contributed by atoms with Crippen molar-refractivity contribution in [3.05, 3.63) is 77.1 Å². The van der Waals surface area contributed by atoms with E-state index in [1.807, 2.05) is 41.9 Å². The van der Waals surface area contributed by atoms with E-state index < -0.39 is 24.5 Å². The van der Waals surface area contributed by atoms with Gasteiger partial charge >= 0.3 is 5.97 Å². The van der Waals surface area contributed by atoms with Gasteiger partial charge in [-0.05, 0) is 25.5 Å². The smallest absolute Gasteiger partial charge is 0.339 e. The zero-order valence-electron chi connectivity index (χ0n) is 17.3. The summed E-state index contributed by atoms with van der Waals surface area (Å²) in [6.07, 6.45) is 3.46. The quantitative estimate of drug-likeness (QED) is 0.478. The summed E-state index contributed by atoms with van der Waals surface area (Å²) >= 11 is 0. The molecule has 1 amide bonds. The van der Waals surface area contributed by atoms with Crippen LogP contribution < -0.4 is 5.32 Å². The first-order chi connectivity index (χ1) is 14.9. The molecule has 4 aromatic rings. The average molecular weight is 419 g/mol. The van der Waals surface area contributed by atoms with Crippen LogP contribution in [0.5, 0.6) is 0 Å². The number of esters is 1. The van der Waals surface area contributed by atoms with Crippen LogP contribution >= 0.6 is 0 Å². The Hall–Kier alpha value is -4.01. The number of aryl methyl sites for hydroxylation is 3. The molecule has 0 spiro atoms. The molecule has 0 saturated carbocycles. The monoisotopic (exact) mass is 419 g/mol. The van der Waals surface area contributed by atoms with Crippen LogP contribution in [-0.2, 0) is 16.6 Å². The average Bonchev–Trinajstić information content (AvgIpc) is 3.35. The molecule has 0 aliphatic carbocycles. The lowest BCUT2D eigenvalue weighted by Crippen LogP contribution is -2.34. The maximum absolute atomic E-state index is 12.7. The maximum atomic E-state index is 12.7. The molecular formula is C22H21N5O4. The molecule has 0 aliphatic rings. The van der Waals surface area contributed by atoms with Gasteiger partial charge in [-0.25, -0.2) is 14.8 Å². The lowest BCUT2D eigenvalue weighted by molar-refractivity contribution is -0.124.